The van der Waals surface area contributed by atoms with Crippen molar-refractivity contribution in [2.75, 3.05) is 20.7 Å². The zero-order chi connectivity index (χ0) is 9.35. The first-order valence-electron chi connectivity index (χ1n) is 3.87. The normalized spacial score (nSPS) is 19.8. The number of carbonyl (C=O) groups is 1. The van der Waals surface area contributed by atoms with Gasteiger partial charge in [-0.2, -0.15) is 0 Å². The Hall–Kier alpha value is -1.06. The highest BCUT2D eigenvalue weighted by molar-refractivity contribution is 6.35. The zero-order valence-electron chi connectivity index (χ0n) is 7.92. The van der Waals surface area contributed by atoms with E-state index in [0.717, 1.165) is 0 Å². The quantitative estimate of drug-likeness (QED) is 0.567. The van der Waals surface area contributed by atoms with Gasteiger partial charge < -0.3 is 9.64 Å². The molecule has 1 aliphatic rings. The first-order chi connectivity index (χ1) is 5.42. The van der Waals surface area contributed by atoms with Crippen LogP contribution in [0.1, 0.15) is 13.8 Å². The molecule has 68 valence electrons. The fraction of sp³-hybridized carbons (Fsp3) is 0.750. The molecule has 0 N–H and O–H groups in total. The molecule has 1 heterocycles. The molecule has 1 amide bonds. The van der Waals surface area contributed by atoms with Crippen LogP contribution in [0.25, 0.3) is 0 Å². The van der Waals surface area contributed by atoms with Crippen molar-refractivity contribution in [2.45, 2.75) is 19.4 Å². The van der Waals surface area contributed by atoms with E-state index in [4.69, 9.17) is 4.74 Å². The lowest BCUT2D eigenvalue weighted by Crippen LogP contribution is -2.29. The molecule has 0 atom stereocenters. The Morgan fingerprint density at radius 3 is 2.50 bits per heavy atom. The van der Waals surface area contributed by atoms with Crippen molar-refractivity contribution in [3.8, 4) is 0 Å². The predicted octanol–water partition coefficient (Wildman–Crippen LogP) is 0.282. The summed E-state index contributed by atoms with van der Waals surface area (Å²) >= 11 is 0. The third kappa shape index (κ3) is 1.75. The summed E-state index contributed by atoms with van der Waals surface area (Å²) < 4.78 is 5.15. The summed E-state index contributed by atoms with van der Waals surface area (Å²) in [5.41, 5.74) is -0.249. The topological polar surface area (TPSA) is 41.9 Å². The first-order valence-corrected chi connectivity index (χ1v) is 3.87. The molecule has 0 unspecified atom stereocenters. The second-order valence-electron chi connectivity index (χ2n) is 3.72. The van der Waals surface area contributed by atoms with Crippen LogP contribution >= 0.6 is 0 Å². The smallest absolute Gasteiger partial charge is 0.308 e. The van der Waals surface area contributed by atoms with Crippen LogP contribution in [-0.4, -0.2) is 42.9 Å². The summed E-state index contributed by atoms with van der Waals surface area (Å²) in [7, 11) is 3.36. The number of nitrogens with zero attached hydrogens (tertiary/aromatic N) is 2. The van der Waals surface area contributed by atoms with E-state index in [0.29, 0.717) is 6.61 Å². The maximum absolute atomic E-state index is 11.3. The zero-order valence-corrected chi connectivity index (χ0v) is 7.92. The minimum absolute atomic E-state index is 0.166. The van der Waals surface area contributed by atoms with Crippen LogP contribution in [0.4, 0.5) is 0 Å². The molecule has 0 aromatic carbocycles. The van der Waals surface area contributed by atoms with Gasteiger partial charge in [-0.1, -0.05) is 0 Å². The van der Waals surface area contributed by atoms with E-state index in [1.54, 1.807) is 14.1 Å². The van der Waals surface area contributed by atoms with Gasteiger partial charge in [-0.05, 0) is 13.8 Å². The van der Waals surface area contributed by atoms with Crippen LogP contribution in [0.15, 0.2) is 4.99 Å². The molecule has 0 spiro atoms. The molecule has 0 bridgehead atoms. The van der Waals surface area contributed by atoms with Gasteiger partial charge in [-0.3, -0.25) is 4.79 Å². The monoisotopic (exact) mass is 170 g/mol. The van der Waals surface area contributed by atoms with Gasteiger partial charge in [0.15, 0.2) is 0 Å². The van der Waals surface area contributed by atoms with Crippen LogP contribution in [0.5, 0.6) is 0 Å². The molecular weight excluding hydrogens is 156 g/mol. The van der Waals surface area contributed by atoms with Crippen LogP contribution in [0, 0.1) is 0 Å². The molecule has 1 aliphatic heterocycles. The van der Waals surface area contributed by atoms with Crippen molar-refractivity contribution in [3.63, 3.8) is 0 Å². The van der Waals surface area contributed by atoms with Crippen LogP contribution in [-0.2, 0) is 9.53 Å². The second-order valence-corrected chi connectivity index (χ2v) is 3.72. The fourth-order valence-electron chi connectivity index (χ4n) is 0.885. The Morgan fingerprint density at radius 1 is 1.58 bits per heavy atom. The molecule has 12 heavy (non-hydrogen) atoms. The van der Waals surface area contributed by atoms with Crippen LogP contribution < -0.4 is 0 Å². The van der Waals surface area contributed by atoms with Gasteiger partial charge in [0.25, 0.3) is 5.90 Å². The van der Waals surface area contributed by atoms with Gasteiger partial charge in [0, 0.05) is 14.1 Å². The summed E-state index contributed by atoms with van der Waals surface area (Å²) in [5.74, 6) is 0.0607. The molecule has 0 aliphatic carbocycles. The Kier molecular flexibility index (Phi) is 2.08. The minimum atomic E-state index is -0.249. The maximum Gasteiger partial charge on any atom is 0.308 e. The van der Waals surface area contributed by atoms with Gasteiger partial charge in [-0.15, -0.1) is 0 Å². The van der Waals surface area contributed by atoms with E-state index in [1.807, 2.05) is 13.8 Å². The van der Waals surface area contributed by atoms with Crippen molar-refractivity contribution in [1.29, 1.82) is 0 Å². The Morgan fingerprint density at radius 2 is 2.17 bits per heavy atom. The summed E-state index contributed by atoms with van der Waals surface area (Å²) in [6, 6.07) is 0. The van der Waals surface area contributed by atoms with Gasteiger partial charge in [0.2, 0.25) is 0 Å². The molecule has 0 aromatic heterocycles. The van der Waals surface area contributed by atoms with Gasteiger partial charge >= 0.3 is 5.91 Å². The summed E-state index contributed by atoms with van der Waals surface area (Å²) in [6.45, 7) is 4.35. The second kappa shape index (κ2) is 2.77. The average Bonchev–Trinajstić information content (AvgIpc) is 2.28. The number of aliphatic imine (C=N–C) groups is 1. The maximum atomic E-state index is 11.3. The van der Waals surface area contributed by atoms with Crippen LogP contribution in [0.3, 0.4) is 0 Å². The van der Waals surface area contributed by atoms with E-state index in [1.165, 1.54) is 4.90 Å². The standard InChI is InChI=1S/C8H14N2O2/c1-8(2)5-12-6(9-8)7(11)10(3)4/h5H2,1-4H3. The fourth-order valence-corrected chi connectivity index (χ4v) is 0.885. The number of hydrogen-bond acceptors (Lipinski definition) is 3. The molecule has 4 heteroatoms. The summed E-state index contributed by atoms with van der Waals surface area (Å²) in [6.07, 6.45) is 0. The highest BCUT2D eigenvalue weighted by Crippen LogP contribution is 2.17. The number of ether oxygens (including phenoxy) is 1. The summed E-state index contributed by atoms with van der Waals surface area (Å²) in [5, 5.41) is 0. The number of hydrogen-bond donors (Lipinski definition) is 0. The molecule has 4 nitrogen and oxygen atoms in total. The van der Waals surface area contributed by atoms with Crippen LogP contribution in [0.2, 0.25) is 0 Å². The van der Waals surface area contributed by atoms with E-state index in [-0.39, 0.29) is 17.3 Å². The van der Waals surface area contributed by atoms with Gasteiger partial charge in [0.1, 0.15) is 6.61 Å². The summed E-state index contributed by atoms with van der Waals surface area (Å²) in [4.78, 5) is 16.9. The number of likely N-dealkylation sites (N-methyl/N-ethyl adjacent to an activating group) is 1. The molecule has 0 aromatic rings. The molecule has 0 fully saturated rings. The largest absolute Gasteiger partial charge is 0.471 e. The van der Waals surface area contributed by atoms with Crippen molar-refractivity contribution in [3.05, 3.63) is 0 Å². The van der Waals surface area contributed by atoms with Gasteiger partial charge in [0.05, 0.1) is 5.54 Å². The van der Waals surface area contributed by atoms with Crippen molar-refractivity contribution < 1.29 is 9.53 Å². The van der Waals surface area contributed by atoms with Crippen molar-refractivity contribution in [2.24, 2.45) is 4.99 Å². The Bertz CT molecular complexity index is 231. The highest BCUT2D eigenvalue weighted by Gasteiger charge is 2.30. The van der Waals surface area contributed by atoms with Crippen molar-refractivity contribution in [1.82, 2.24) is 4.90 Å². The molecule has 0 saturated heterocycles. The van der Waals surface area contributed by atoms with E-state index in [2.05, 4.69) is 4.99 Å². The highest BCUT2D eigenvalue weighted by atomic mass is 16.5. The van der Waals surface area contributed by atoms with Gasteiger partial charge in [-0.25, -0.2) is 4.99 Å². The average molecular weight is 170 g/mol. The van der Waals surface area contributed by atoms with E-state index >= 15 is 0 Å². The lowest BCUT2D eigenvalue weighted by Gasteiger charge is -2.08. The SMILES string of the molecule is CN(C)C(=O)C1=NC(C)(C)CO1. The molecule has 0 saturated carbocycles. The molecule has 1 rings (SSSR count). The third-order valence-corrected chi connectivity index (χ3v) is 1.56. The number of carbonyl (C=O) groups excluding carboxylic acids is 1. The predicted molar refractivity (Wildman–Crippen MR) is 46.2 cm³/mol. The Balaban J connectivity index is 2.73. The molecule has 0 radical (unpaired) electrons. The first kappa shape index (κ1) is 9.03. The number of rotatable bonds is 1. The van der Waals surface area contributed by atoms with Crippen molar-refractivity contribution >= 4 is 11.8 Å². The van der Waals surface area contributed by atoms with E-state index < -0.39 is 0 Å². The lowest BCUT2D eigenvalue weighted by atomic mass is 10.1. The Labute approximate surface area is 72.2 Å². The lowest BCUT2D eigenvalue weighted by molar-refractivity contribution is -0.123. The number of amides is 1. The third-order valence-electron chi connectivity index (χ3n) is 1.56. The minimum Gasteiger partial charge on any atom is -0.471 e. The van der Waals surface area contributed by atoms with E-state index in [9.17, 15) is 4.79 Å². The molecular formula is C8H14N2O2.